The smallest absolute Gasteiger partial charge is 0.0409 e. The number of hydrogen-bond donors (Lipinski definition) is 0. The number of aryl methyl sites for hydroxylation is 1. The minimum atomic E-state index is 0.210. The fraction of sp³-hybridized carbons (Fsp3) is 0.379. The first-order valence-corrected chi connectivity index (χ1v) is 12.0. The van der Waals surface area contributed by atoms with Crippen molar-refractivity contribution in [2.75, 3.05) is 0 Å². The number of fused-ring (bicyclic) bond motifs is 3. The van der Waals surface area contributed by atoms with E-state index in [4.69, 9.17) is 11.6 Å². The van der Waals surface area contributed by atoms with E-state index in [2.05, 4.69) is 67.6 Å². The first-order chi connectivity index (χ1) is 14.7. The van der Waals surface area contributed by atoms with Crippen LogP contribution in [0.3, 0.4) is 0 Å². The van der Waals surface area contributed by atoms with Gasteiger partial charge in [-0.3, -0.25) is 0 Å². The molecule has 5 aliphatic rings. The minimum absolute atomic E-state index is 0.210. The summed E-state index contributed by atoms with van der Waals surface area (Å²) in [5.41, 5.74) is 10.6. The summed E-state index contributed by atoms with van der Waals surface area (Å²) in [6.45, 7) is 2.21. The molecule has 3 aromatic rings. The van der Waals surface area contributed by atoms with Gasteiger partial charge < -0.3 is 0 Å². The van der Waals surface area contributed by atoms with Crippen molar-refractivity contribution in [3.05, 3.63) is 82.4 Å². The molecule has 0 aromatic heterocycles. The molecule has 3 aromatic carbocycles. The van der Waals surface area contributed by atoms with Gasteiger partial charge >= 0.3 is 0 Å². The van der Waals surface area contributed by atoms with Crippen LogP contribution in [0, 0.1) is 30.6 Å². The summed E-state index contributed by atoms with van der Waals surface area (Å²) in [7, 11) is 0. The Morgan fingerprint density at radius 1 is 0.700 bits per heavy atom. The molecule has 0 nitrogen and oxygen atoms in total. The Labute approximate surface area is 184 Å². The van der Waals surface area contributed by atoms with E-state index in [1.807, 2.05) is 0 Å². The standard InChI is InChI=1S/C29H27Cl/c1-17-11-22(30)9-10-23(17)25-6-4-7-26-24-5-2-3-8-27(24)29(28(25)26)20-13-18-12-19(15-20)16-21(29)14-18/h2-11,18-21H,12-16H2,1H3. The summed E-state index contributed by atoms with van der Waals surface area (Å²) in [6.07, 6.45) is 7.20. The van der Waals surface area contributed by atoms with Crippen LogP contribution in [0.5, 0.6) is 0 Å². The third-order valence-corrected chi connectivity index (χ3v) is 9.28. The molecule has 0 unspecified atom stereocenters. The van der Waals surface area contributed by atoms with Crippen molar-refractivity contribution in [3.8, 4) is 22.3 Å². The van der Waals surface area contributed by atoms with Crippen LogP contribution in [0.4, 0.5) is 0 Å². The zero-order chi connectivity index (χ0) is 20.0. The van der Waals surface area contributed by atoms with E-state index in [0.29, 0.717) is 0 Å². The molecule has 0 N–H and O–H groups in total. The molecule has 1 heteroatoms. The zero-order valence-electron chi connectivity index (χ0n) is 17.5. The van der Waals surface area contributed by atoms with E-state index in [9.17, 15) is 0 Å². The Kier molecular flexibility index (Phi) is 3.53. The van der Waals surface area contributed by atoms with E-state index in [0.717, 1.165) is 28.7 Å². The third-order valence-electron chi connectivity index (χ3n) is 9.05. The van der Waals surface area contributed by atoms with Crippen LogP contribution in [0.25, 0.3) is 22.3 Å². The predicted octanol–water partition coefficient (Wildman–Crippen LogP) is 8.04. The Balaban J connectivity index is 1.56. The maximum absolute atomic E-state index is 6.34. The average molecular weight is 411 g/mol. The van der Waals surface area contributed by atoms with E-state index >= 15 is 0 Å². The number of benzene rings is 3. The number of rotatable bonds is 1. The summed E-state index contributed by atoms with van der Waals surface area (Å²) in [6, 6.07) is 22.9. The van der Waals surface area contributed by atoms with E-state index in [1.54, 1.807) is 11.1 Å². The molecule has 5 aliphatic carbocycles. The van der Waals surface area contributed by atoms with Crippen LogP contribution in [-0.4, -0.2) is 0 Å². The highest BCUT2D eigenvalue weighted by Crippen LogP contribution is 2.70. The molecule has 0 amide bonds. The van der Waals surface area contributed by atoms with E-state index < -0.39 is 0 Å². The maximum Gasteiger partial charge on any atom is 0.0409 e. The van der Waals surface area contributed by atoms with Gasteiger partial charge in [0.05, 0.1) is 0 Å². The summed E-state index contributed by atoms with van der Waals surface area (Å²) in [5, 5.41) is 0.830. The van der Waals surface area contributed by atoms with Crippen LogP contribution < -0.4 is 0 Å². The highest BCUT2D eigenvalue weighted by molar-refractivity contribution is 6.30. The molecule has 150 valence electrons. The van der Waals surface area contributed by atoms with Gasteiger partial charge in [-0.25, -0.2) is 0 Å². The second-order valence-corrected chi connectivity index (χ2v) is 10.8. The second kappa shape index (κ2) is 6.01. The maximum atomic E-state index is 6.34. The van der Waals surface area contributed by atoms with Crippen LogP contribution in [0.1, 0.15) is 48.8 Å². The van der Waals surface area contributed by atoms with E-state index in [1.165, 1.54) is 59.9 Å². The molecule has 0 atom stereocenters. The van der Waals surface area contributed by atoms with Gasteiger partial charge in [-0.1, -0.05) is 60.1 Å². The Hall–Kier alpha value is -2.05. The summed E-state index contributed by atoms with van der Waals surface area (Å²) >= 11 is 6.34. The SMILES string of the molecule is Cc1cc(Cl)ccc1-c1cccc2c1C1(c3ccccc3-2)C2CC3CC(C2)CC1C3. The lowest BCUT2D eigenvalue weighted by Gasteiger charge is -2.61. The van der Waals surface area contributed by atoms with Crippen molar-refractivity contribution < 1.29 is 0 Å². The van der Waals surface area contributed by atoms with Crippen molar-refractivity contribution in [2.24, 2.45) is 23.7 Å². The van der Waals surface area contributed by atoms with Crippen LogP contribution in [-0.2, 0) is 5.41 Å². The van der Waals surface area contributed by atoms with Crippen molar-refractivity contribution in [1.82, 2.24) is 0 Å². The Bertz CT molecular complexity index is 1160. The first-order valence-electron chi connectivity index (χ1n) is 11.7. The van der Waals surface area contributed by atoms with Gasteiger partial charge in [-0.15, -0.1) is 0 Å². The van der Waals surface area contributed by atoms with Crippen molar-refractivity contribution in [1.29, 1.82) is 0 Å². The fourth-order valence-corrected chi connectivity index (χ4v) is 8.59. The van der Waals surface area contributed by atoms with Gasteiger partial charge in [-0.05, 0) is 114 Å². The Morgan fingerprint density at radius 3 is 2.03 bits per heavy atom. The lowest BCUT2D eigenvalue weighted by molar-refractivity contribution is -0.0397. The summed E-state index contributed by atoms with van der Waals surface area (Å²) in [5.74, 6) is 3.53. The van der Waals surface area contributed by atoms with Crippen molar-refractivity contribution >= 4 is 11.6 Å². The van der Waals surface area contributed by atoms with Gasteiger partial charge in [0.2, 0.25) is 0 Å². The Morgan fingerprint density at radius 2 is 1.33 bits per heavy atom. The van der Waals surface area contributed by atoms with Gasteiger partial charge in [-0.2, -0.15) is 0 Å². The van der Waals surface area contributed by atoms with Crippen molar-refractivity contribution in [2.45, 2.75) is 44.4 Å². The van der Waals surface area contributed by atoms with Gasteiger partial charge in [0.25, 0.3) is 0 Å². The molecule has 1 spiro atoms. The molecule has 30 heavy (non-hydrogen) atoms. The molecule has 0 radical (unpaired) electrons. The lowest BCUT2D eigenvalue weighted by atomic mass is 9.42. The third kappa shape index (κ3) is 2.09. The first kappa shape index (κ1) is 17.6. The van der Waals surface area contributed by atoms with Gasteiger partial charge in [0, 0.05) is 10.4 Å². The van der Waals surface area contributed by atoms with Crippen LogP contribution in [0.2, 0.25) is 5.02 Å². The van der Waals surface area contributed by atoms with Gasteiger partial charge in [0.1, 0.15) is 0 Å². The van der Waals surface area contributed by atoms with Crippen molar-refractivity contribution in [3.63, 3.8) is 0 Å². The molecule has 0 heterocycles. The molecule has 8 rings (SSSR count). The monoisotopic (exact) mass is 410 g/mol. The normalized spacial score (nSPS) is 32.5. The molecule has 0 aliphatic heterocycles. The van der Waals surface area contributed by atoms with Gasteiger partial charge in [0.15, 0.2) is 0 Å². The summed E-state index contributed by atoms with van der Waals surface area (Å²) in [4.78, 5) is 0. The largest absolute Gasteiger partial charge is 0.0843 e. The van der Waals surface area contributed by atoms with E-state index in [-0.39, 0.29) is 5.41 Å². The lowest BCUT2D eigenvalue weighted by Crippen LogP contribution is -2.55. The molecule has 4 bridgehead atoms. The second-order valence-electron chi connectivity index (χ2n) is 10.4. The molecule has 4 fully saturated rings. The minimum Gasteiger partial charge on any atom is -0.0843 e. The summed E-state index contributed by atoms with van der Waals surface area (Å²) < 4.78 is 0. The number of hydrogen-bond acceptors (Lipinski definition) is 0. The quantitative estimate of drug-likeness (QED) is 0.380. The highest BCUT2D eigenvalue weighted by Gasteiger charge is 2.62. The zero-order valence-corrected chi connectivity index (χ0v) is 18.3. The van der Waals surface area contributed by atoms with Crippen LogP contribution in [0.15, 0.2) is 60.7 Å². The molecular formula is C29H27Cl. The van der Waals surface area contributed by atoms with Crippen LogP contribution >= 0.6 is 11.6 Å². The molecule has 0 saturated heterocycles. The highest BCUT2D eigenvalue weighted by atomic mass is 35.5. The topological polar surface area (TPSA) is 0 Å². The average Bonchev–Trinajstić information content (AvgIpc) is 3.03. The molecular weight excluding hydrogens is 384 g/mol. The predicted molar refractivity (Wildman–Crippen MR) is 125 cm³/mol. The number of halogens is 1. The molecule has 4 saturated carbocycles. The fourth-order valence-electron chi connectivity index (χ4n) is 8.37.